The van der Waals surface area contributed by atoms with Crippen LogP contribution in [0.25, 0.3) is 0 Å². The van der Waals surface area contributed by atoms with E-state index in [0.717, 1.165) is 13.0 Å². The van der Waals surface area contributed by atoms with Gasteiger partial charge in [-0.25, -0.2) is 0 Å². The van der Waals surface area contributed by atoms with E-state index in [9.17, 15) is 0 Å². The smallest absolute Gasteiger partial charge is 0.0517 e. The van der Waals surface area contributed by atoms with Crippen LogP contribution in [-0.2, 0) is 0 Å². The molecule has 1 saturated carbocycles. The van der Waals surface area contributed by atoms with Crippen molar-refractivity contribution in [3.63, 3.8) is 0 Å². The van der Waals surface area contributed by atoms with Crippen molar-refractivity contribution in [2.24, 2.45) is 5.41 Å². The van der Waals surface area contributed by atoms with E-state index in [-0.39, 0.29) is 6.10 Å². The third kappa shape index (κ3) is 1.96. The van der Waals surface area contributed by atoms with Crippen LogP contribution in [0, 0.1) is 5.41 Å². The zero-order chi connectivity index (χ0) is 7.61. The van der Waals surface area contributed by atoms with E-state index in [2.05, 4.69) is 5.32 Å². The lowest BCUT2D eigenvalue weighted by Gasteiger charge is -2.15. The fraction of sp³-hybridized carbons (Fsp3) is 1.00. The summed E-state index contributed by atoms with van der Waals surface area (Å²) >= 11 is 0. The summed E-state index contributed by atoms with van der Waals surface area (Å²) in [6.45, 7) is 2.94. The highest BCUT2D eigenvalue weighted by Gasteiger charge is 2.42. The first-order valence-electron chi connectivity index (χ1n) is 4.01. The van der Waals surface area contributed by atoms with Crippen molar-refractivity contribution < 1.29 is 5.11 Å². The molecule has 0 aromatic rings. The molecule has 2 nitrogen and oxygen atoms in total. The molecule has 1 rings (SSSR count). The van der Waals surface area contributed by atoms with Crippen LogP contribution in [0.2, 0.25) is 0 Å². The van der Waals surface area contributed by atoms with Crippen molar-refractivity contribution in [1.82, 2.24) is 5.32 Å². The van der Waals surface area contributed by atoms with Gasteiger partial charge >= 0.3 is 0 Å². The van der Waals surface area contributed by atoms with Gasteiger partial charge < -0.3 is 10.4 Å². The summed E-state index contributed by atoms with van der Waals surface area (Å²) in [7, 11) is 1.97. The SMILES string of the molecule is CNCC1(CC(C)O)CC1. The van der Waals surface area contributed by atoms with Crippen molar-refractivity contribution in [2.45, 2.75) is 32.3 Å². The monoisotopic (exact) mass is 143 g/mol. The molecule has 1 aliphatic rings. The molecule has 0 spiro atoms. The summed E-state index contributed by atoms with van der Waals surface area (Å²) in [5.74, 6) is 0. The first-order chi connectivity index (χ1) is 4.68. The van der Waals surface area contributed by atoms with Crippen LogP contribution in [0.3, 0.4) is 0 Å². The Morgan fingerprint density at radius 2 is 2.20 bits per heavy atom. The van der Waals surface area contributed by atoms with Crippen LogP contribution < -0.4 is 5.32 Å². The fourth-order valence-electron chi connectivity index (χ4n) is 1.63. The molecule has 10 heavy (non-hydrogen) atoms. The Morgan fingerprint density at radius 1 is 1.60 bits per heavy atom. The molecule has 0 radical (unpaired) electrons. The molecule has 0 aromatic heterocycles. The van der Waals surface area contributed by atoms with Crippen LogP contribution in [-0.4, -0.2) is 24.8 Å². The number of rotatable bonds is 4. The molecule has 0 amide bonds. The van der Waals surface area contributed by atoms with E-state index in [1.54, 1.807) is 0 Å². The molecule has 1 aliphatic carbocycles. The predicted molar refractivity (Wildman–Crippen MR) is 41.9 cm³/mol. The van der Waals surface area contributed by atoms with Gasteiger partial charge in [0.1, 0.15) is 0 Å². The Balaban J connectivity index is 2.23. The molecular formula is C8H17NO. The van der Waals surface area contributed by atoms with Gasteiger partial charge in [0.25, 0.3) is 0 Å². The lowest BCUT2D eigenvalue weighted by molar-refractivity contribution is 0.153. The molecule has 2 heteroatoms. The Morgan fingerprint density at radius 3 is 2.50 bits per heavy atom. The summed E-state index contributed by atoms with van der Waals surface area (Å²) < 4.78 is 0. The average Bonchev–Trinajstić information content (AvgIpc) is 2.47. The lowest BCUT2D eigenvalue weighted by Crippen LogP contribution is -2.23. The third-order valence-electron chi connectivity index (χ3n) is 2.24. The summed E-state index contributed by atoms with van der Waals surface area (Å²) in [5.41, 5.74) is 0.461. The Kier molecular flexibility index (Phi) is 2.32. The van der Waals surface area contributed by atoms with Crippen LogP contribution in [0.5, 0.6) is 0 Å². The van der Waals surface area contributed by atoms with Gasteiger partial charge in [-0.15, -0.1) is 0 Å². The second kappa shape index (κ2) is 2.89. The molecule has 0 saturated heterocycles. The van der Waals surface area contributed by atoms with Crippen molar-refractivity contribution in [2.75, 3.05) is 13.6 Å². The number of aliphatic hydroxyl groups excluding tert-OH is 1. The molecule has 0 bridgehead atoms. The van der Waals surface area contributed by atoms with Crippen molar-refractivity contribution in [3.8, 4) is 0 Å². The molecule has 0 heterocycles. The minimum atomic E-state index is -0.129. The van der Waals surface area contributed by atoms with Gasteiger partial charge in [0.2, 0.25) is 0 Å². The molecular weight excluding hydrogens is 126 g/mol. The van der Waals surface area contributed by atoms with Gasteiger partial charge in [0, 0.05) is 6.54 Å². The van der Waals surface area contributed by atoms with Crippen LogP contribution in [0.15, 0.2) is 0 Å². The van der Waals surface area contributed by atoms with Crippen LogP contribution in [0.4, 0.5) is 0 Å². The molecule has 1 fully saturated rings. The number of hydrogen-bond donors (Lipinski definition) is 2. The van der Waals surface area contributed by atoms with E-state index in [1.807, 2.05) is 14.0 Å². The quantitative estimate of drug-likeness (QED) is 0.609. The van der Waals surface area contributed by atoms with Crippen molar-refractivity contribution >= 4 is 0 Å². The topological polar surface area (TPSA) is 32.3 Å². The van der Waals surface area contributed by atoms with Gasteiger partial charge in [-0.3, -0.25) is 0 Å². The normalized spacial score (nSPS) is 24.3. The highest BCUT2D eigenvalue weighted by atomic mass is 16.3. The Bertz CT molecular complexity index is 108. The maximum atomic E-state index is 9.13. The zero-order valence-corrected chi connectivity index (χ0v) is 6.85. The van der Waals surface area contributed by atoms with E-state index < -0.39 is 0 Å². The fourth-order valence-corrected chi connectivity index (χ4v) is 1.63. The van der Waals surface area contributed by atoms with Gasteiger partial charge in [-0.05, 0) is 38.6 Å². The minimum absolute atomic E-state index is 0.129. The standard InChI is InChI=1S/C8H17NO/c1-7(10)5-8(3-4-8)6-9-2/h7,9-10H,3-6H2,1-2H3. The number of hydrogen-bond acceptors (Lipinski definition) is 2. The van der Waals surface area contributed by atoms with Crippen molar-refractivity contribution in [3.05, 3.63) is 0 Å². The first kappa shape index (κ1) is 8.02. The summed E-state index contributed by atoms with van der Waals surface area (Å²) in [4.78, 5) is 0. The van der Waals surface area contributed by atoms with E-state index in [0.29, 0.717) is 5.41 Å². The molecule has 60 valence electrons. The lowest BCUT2D eigenvalue weighted by atomic mass is 9.99. The molecule has 1 unspecified atom stereocenters. The van der Waals surface area contributed by atoms with Gasteiger partial charge in [0.15, 0.2) is 0 Å². The van der Waals surface area contributed by atoms with E-state index in [4.69, 9.17) is 5.11 Å². The third-order valence-corrected chi connectivity index (χ3v) is 2.24. The first-order valence-corrected chi connectivity index (χ1v) is 4.01. The molecule has 2 N–H and O–H groups in total. The van der Waals surface area contributed by atoms with Gasteiger partial charge in [0.05, 0.1) is 6.10 Å². The van der Waals surface area contributed by atoms with Crippen LogP contribution >= 0.6 is 0 Å². The van der Waals surface area contributed by atoms with Gasteiger partial charge in [-0.2, -0.15) is 0 Å². The highest BCUT2D eigenvalue weighted by Crippen LogP contribution is 2.48. The zero-order valence-electron chi connectivity index (χ0n) is 6.85. The molecule has 1 atom stereocenters. The Labute approximate surface area is 62.6 Å². The summed E-state index contributed by atoms with van der Waals surface area (Å²) in [6, 6.07) is 0. The second-order valence-corrected chi connectivity index (χ2v) is 3.58. The Hall–Kier alpha value is -0.0800. The van der Waals surface area contributed by atoms with Gasteiger partial charge in [-0.1, -0.05) is 0 Å². The maximum Gasteiger partial charge on any atom is 0.0517 e. The largest absolute Gasteiger partial charge is 0.393 e. The average molecular weight is 143 g/mol. The summed E-state index contributed by atoms with van der Waals surface area (Å²) in [6.07, 6.45) is 3.42. The second-order valence-electron chi connectivity index (χ2n) is 3.58. The minimum Gasteiger partial charge on any atom is -0.393 e. The predicted octanol–water partition coefficient (Wildman–Crippen LogP) is 0.757. The maximum absolute atomic E-state index is 9.13. The van der Waals surface area contributed by atoms with Crippen molar-refractivity contribution in [1.29, 1.82) is 0 Å². The van der Waals surface area contributed by atoms with Crippen LogP contribution in [0.1, 0.15) is 26.2 Å². The molecule has 0 aliphatic heterocycles. The van der Waals surface area contributed by atoms with E-state index >= 15 is 0 Å². The number of nitrogens with one attached hydrogen (secondary N) is 1. The number of aliphatic hydroxyl groups is 1. The molecule has 0 aromatic carbocycles. The van der Waals surface area contributed by atoms with E-state index in [1.165, 1.54) is 12.8 Å². The highest BCUT2D eigenvalue weighted by molar-refractivity contribution is 4.95. The summed E-state index contributed by atoms with van der Waals surface area (Å²) in [5, 5.41) is 12.3.